The Labute approximate surface area is 172 Å². The summed E-state index contributed by atoms with van der Waals surface area (Å²) in [6, 6.07) is 9.30. The number of ether oxygens (including phenoxy) is 1. The SMILES string of the molecule is CCN(C)/C=N\c1cc(C)c(C(=O)CN(C)c2cc(Cl)cc(OC)c2)cc1C. The molecule has 0 atom stereocenters. The zero-order chi connectivity index (χ0) is 20.8. The minimum Gasteiger partial charge on any atom is -0.497 e. The van der Waals surface area contributed by atoms with Gasteiger partial charge >= 0.3 is 0 Å². The van der Waals surface area contributed by atoms with E-state index in [-0.39, 0.29) is 12.3 Å². The normalized spacial score (nSPS) is 11.0. The zero-order valence-corrected chi connectivity index (χ0v) is 18.2. The molecule has 0 aromatic heterocycles. The van der Waals surface area contributed by atoms with E-state index in [9.17, 15) is 4.79 Å². The summed E-state index contributed by atoms with van der Waals surface area (Å²) in [6.45, 7) is 7.11. The van der Waals surface area contributed by atoms with Gasteiger partial charge in [0.25, 0.3) is 0 Å². The number of carbonyl (C=O) groups excluding carboxylic acids is 1. The molecule has 0 saturated carbocycles. The topological polar surface area (TPSA) is 45.1 Å². The summed E-state index contributed by atoms with van der Waals surface area (Å²) in [6.07, 6.45) is 1.81. The summed E-state index contributed by atoms with van der Waals surface area (Å²) in [5.41, 5.74) is 4.31. The van der Waals surface area contributed by atoms with Gasteiger partial charge in [-0.05, 0) is 56.2 Å². The molecule has 0 fully saturated rings. The van der Waals surface area contributed by atoms with Crippen LogP contribution >= 0.6 is 11.6 Å². The molecule has 0 saturated heterocycles. The van der Waals surface area contributed by atoms with E-state index in [0.717, 1.165) is 29.0 Å². The Morgan fingerprint density at radius 1 is 1.14 bits per heavy atom. The molecular formula is C22H28ClN3O2. The Balaban J connectivity index is 2.21. The molecule has 0 aliphatic carbocycles. The second-order valence-electron chi connectivity index (χ2n) is 6.90. The highest BCUT2D eigenvalue weighted by molar-refractivity contribution is 6.31. The lowest BCUT2D eigenvalue weighted by Crippen LogP contribution is -2.26. The van der Waals surface area contributed by atoms with Crippen molar-refractivity contribution in [2.75, 3.05) is 39.2 Å². The lowest BCUT2D eigenvalue weighted by atomic mass is 10.00. The average molecular weight is 402 g/mol. The third-order valence-corrected chi connectivity index (χ3v) is 4.87. The number of hydrogen-bond acceptors (Lipinski definition) is 4. The fourth-order valence-corrected chi connectivity index (χ4v) is 2.98. The van der Waals surface area contributed by atoms with E-state index in [1.807, 2.05) is 68.3 Å². The molecule has 150 valence electrons. The number of rotatable bonds is 8. The molecule has 0 N–H and O–H groups in total. The number of aryl methyl sites for hydroxylation is 2. The maximum absolute atomic E-state index is 12.9. The fraction of sp³-hybridized carbons (Fsp3) is 0.364. The van der Waals surface area contributed by atoms with Gasteiger partial charge in [-0.15, -0.1) is 0 Å². The number of aliphatic imine (C=N–C) groups is 1. The molecule has 0 spiro atoms. The lowest BCUT2D eigenvalue weighted by molar-refractivity contribution is 0.0999. The van der Waals surface area contributed by atoms with Gasteiger partial charge in [0.2, 0.25) is 0 Å². The number of methoxy groups -OCH3 is 1. The highest BCUT2D eigenvalue weighted by Crippen LogP contribution is 2.27. The smallest absolute Gasteiger partial charge is 0.182 e. The minimum atomic E-state index is 0.0447. The van der Waals surface area contributed by atoms with Crippen LogP contribution in [-0.2, 0) is 0 Å². The van der Waals surface area contributed by atoms with Crippen molar-refractivity contribution in [1.82, 2.24) is 4.90 Å². The van der Waals surface area contributed by atoms with Crippen LogP contribution in [0.1, 0.15) is 28.4 Å². The predicted molar refractivity (Wildman–Crippen MR) is 118 cm³/mol. The Kier molecular flexibility index (Phi) is 7.46. The van der Waals surface area contributed by atoms with Crippen LogP contribution < -0.4 is 9.64 Å². The van der Waals surface area contributed by atoms with Crippen LogP contribution in [0.3, 0.4) is 0 Å². The van der Waals surface area contributed by atoms with Crippen molar-refractivity contribution in [3.63, 3.8) is 0 Å². The molecule has 0 aliphatic rings. The van der Waals surface area contributed by atoms with E-state index in [1.165, 1.54) is 0 Å². The second kappa shape index (κ2) is 9.60. The summed E-state index contributed by atoms with van der Waals surface area (Å²) in [4.78, 5) is 21.3. The van der Waals surface area contributed by atoms with Crippen molar-refractivity contribution in [3.05, 3.63) is 52.0 Å². The molecule has 5 nitrogen and oxygen atoms in total. The molecule has 2 rings (SSSR count). The van der Waals surface area contributed by atoms with E-state index in [1.54, 1.807) is 13.2 Å². The van der Waals surface area contributed by atoms with Gasteiger partial charge in [0.15, 0.2) is 5.78 Å². The molecule has 0 bridgehead atoms. The first-order valence-electron chi connectivity index (χ1n) is 9.19. The van der Waals surface area contributed by atoms with Gasteiger partial charge < -0.3 is 14.5 Å². The first kappa shape index (κ1) is 21.8. The van der Waals surface area contributed by atoms with Crippen LogP contribution in [0.4, 0.5) is 11.4 Å². The van der Waals surface area contributed by atoms with E-state index >= 15 is 0 Å². The van der Waals surface area contributed by atoms with Crippen LogP contribution in [-0.4, -0.2) is 51.3 Å². The number of nitrogens with zero attached hydrogens (tertiary/aromatic N) is 3. The zero-order valence-electron chi connectivity index (χ0n) is 17.4. The lowest BCUT2D eigenvalue weighted by Gasteiger charge is -2.20. The van der Waals surface area contributed by atoms with E-state index in [4.69, 9.17) is 16.3 Å². The Morgan fingerprint density at radius 3 is 2.50 bits per heavy atom. The van der Waals surface area contributed by atoms with Crippen molar-refractivity contribution in [2.45, 2.75) is 20.8 Å². The van der Waals surface area contributed by atoms with Crippen LogP contribution in [0.15, 0.2) is 35.3 Å². The fourth-order valence-electron chi connectivity index (χ4n) is 2.76. The van der Waals surface area contributed by atoms with E-state index in [2.05, 4.69) is 11.9 Å². The van der Waals surface area contributed by atoms with Crippen LogP contribution in [0.25, 0.3) is 0 Å². The maximum Gasteiger partial charge on any atom is 0.182 e. The highest BCUT2D eigenvalue weighted by Gasteiger charge is 2.15. The number of Topliss-reactive ketones (excluding diaryl/α,β-unsaturated/α-hetero) is 1. The summed E-state index contributed by atoms with van der Waals surface area (Å²) < 4.78 is 5.26. The summed E-state index contributed by atoms with van der Waals surface area (Å²) in [5.74, 6) is 0.705. The third-order valence-electron chi connectivity index (χ3n) is 4.65. The van der Waals surface area contributed by atoms with Crippen LogP contribution in [0.2, 0.25) is 5.02 Å². The van der Waals surface area contributed by atoms with Gasteiger partial charge in [0, 0.05) is 43.0 Å². The third kappa shape index (κ3) is 5.49. The predicted octanol–water partition coefficient (Wildman–Crippen LogP) is 4.90. The van der Waals surface area contributed by atoms with Gasteiger partial charge in [-0.3, -0.25) is 4.79 Å². The average Bonchev–Trinajstić information content (AvgIpc) is 2.67. The molecule has 0 amide bonds. The molecule has 28 heavy (non-hydrogen) atoms. The Morgan fingerprint density at radius 2 is 1.86 bits per heavy atom. The van der Waals surface area contributed by atoms with Crippen molar-refractivity contribution >= 4 is 35.1 Å². The number of hydrogen-bond donors (Lipinski definition) is 0. The number of halogens is 1. The first-order chi connectivity index (χ1) is 13.2. The molecular weight excluding hydrogens is 374 g/mol. The van der Waals surface area contributed by atoms with Gasteiger partial charge in [-0.1, -0.05) is 11.6 Å². The van der Waals surface area contributed by atoms with Crippen molar-refractivity contribution in [2.24, 2.45) is 4.99 Å². The molecule has 6 heteroatoms. The van der Waals surface area contributed by atoms with Crippen molar-refractivity contribution in [3.8, 4) is 5.75 Å². The second-order valence-corrected chi connectivity index (χ2v) is 7.34. The highest BCUT2D eigenvalue weighted by atomic mass is 35.5. The number of likely N-dealkylation sites (N-methyl/N-ethyl adjacent to an activating group) is 1. The van der Waals surface area contributed by atoms with Gasteiger partial charge in [0.1, 0.15) is 5.75 Å². The van der Waals surface area contributed by atoms with Crippen LogP contribution in [0, 0.1) is 13.8 Å². The molecule has 0 unspecified atom stereocenters. The monoisotopic (exact) mass is 401 g/mol. The summed E-state index contributed by atoms with van der Waals surface area (Å²) in [5, 5.41) is 0.569. The minimum absolute atomic E-state index is 0.0447. The van der Waals surface area contributed by atoms with Crippen molar-refractivity contribution in [1.29, 1.82) is 0 Å². The number of benzene rings is 2. The summed E-state index contributed by atoms with van der Waals surface area (Å²) >= 11 is 6.14. The Bertz CT molecular complexity index is 880. The molecule has 2 aromatic rings. The molecule has 0 aliphatic heterocycles. The van der Waals surface area contributed by atoms with E-state index < -0.39 is 0 Å². The van der Waals surface area contributed by atoms with E-state index in [0.29, 0.717) is 16.3 Å². The number of anilines is 1. The molecule has 0 heterocycles. The number of carbonyl (C=O) groups is 1. The van der Waals surface area contributed by atoms with Crippen LogP contribution in [0.5, 0.6) is 5.75 Å². The largest absolute Gasteiger partial charge is 0.497 e. The Hall–Kier alpha value is -2.53. The van der Waals surface area contributed by atoms with Gasteiger partial charge in [0.05, 0.1) is 25.7 Å². The van der Waals surface area contributed by atoms with Gasteiger partial charge in [-0.2, -0.15) is 0 Å². The summed E-state index contributed by atoms with van der Waals surface area (Å²) in [7, 11) is 5.43. The molecule has 2 aromatic carbocycles. The standard InChI is InChI=1S/C22H28ClN3O2/c1-7-25(4)14-24-21-9-15(2)20(8-16(21)3)22(27)13-26(5)18-10-17(23)11-19(12-18)28-6/h8-12,14H,7,13H2,1-6H3/b24-14-. The first-order valence-corrected chi connectivity index (χ1v) is 9.57. The quantitative estimate of drug-likeness (QED) is 0.358. The molecule has 0 radical (unpaired) electrons. The number of ketones is 1. The van der Waals surface area contributed by atoms with Crippen molar-refractivity contribution < 1.29 is 9.53 Å². The van der Waals surface area contributed by atoms with Gasteiger partial charge in [-0.25, -0.2) is 4.99 Å². The maximum atomic E-state index is 12.9.